The van der Waals surface area contributed by atoms with Crippen LogP contribution in [0, 0.1) is 0 Å². The fourth-order valence-electron chi connectivity index (χ4n) is 0.882. The molecule has 0 aromatic carbocycles. The molecule has 2 heteroatoms. The number of hydrogen-bond donors (Lipinski definition) is 1. The Balaban J connectivity index is 2.93. The van der Waals surface area contributed by atoms with E-state index in [1.165, 1.54) is 0 Å². The summed E-state index contributed by atoms with van der Waals surface area (Å²) in [4.78, 5) is 4.20. The van der Waals surface area contributed by atoms with Crippen LogP contribution in [0.5, 0.6) is 0 Å². The first-order valence-electron chi connectivity index (χ1n) is 3.87. The minimum Gasteiger partial charge on any atom is -0.320 e. The summed E-state index contributed by atoms with van der Waals surface area (Å²) < 4.78 is 0. The SMILES string of the molecule is CC[C@@](C)(N)c1ccccn1. The average Bonchev–Trinajstić information content (AvgIpc) is 2.06. The normalized spacial score (nSPS) is 15.9. The molecule has 0 spiro atoms. The molecule has 0 saturated carbocycles. The Morgan fingerprint density at radius 3 is 2.73 bits per heavy atom. The quantitative estimate of drug-likeness (QED) is 0.696. The maximum atomic E-state index is 5.97. The van der Waals surface area contributed by atoms with Crippen LogP contribution in [0.15, 0.2) is 24.4 Å². The zero-order valence-corrected chi connectivity index (χ0v) is 7.04. The molecule has 0 bridgehead atoms. The van der Waals surface area contributed by atoms with Gasteiger partial charge in [0.1, 0.15) is 0 Å². The van der Waals surface area contributed by atoms with E-state index >= 15 is 0 Å². The van der Waals surface area contributed by atoms with E-state index in [1.54, 1.807) is 6.20 Å². The van der Waals surface area contributed by atoms with Gasteiger partial charge in [0, 0.05) is 6.20 Å². The summed E-state index contributed by atoms with van der Waals surface area (Å²) in [7, 11) is 0. The zero-order chi connectivity index (χ0) is 8.32. The molecule has 0 aliphatic carbocycles. The van der Waals surface area contributed by atoms with Crippen molar-refractivity contribution >= 4 is 0 Å². The van der Waals surface area contributed by atoms with Crippen molar-refractivity contribution in [2.24, 2.45) is 5.73 Å². The lowest BCUT2D eigenvalue weighted by Gasteiger charge is -2.21. The molecule has 0 unspecified atom stereocenters. The van der Waals surface area contributed by atoms with Crippen molar-refractivity contribution in [3.8, 4) is 0 Å². The summed E-state index contributed by atoms with van der Waals surface area (Å²) in [5, 5.41) is 0. The van der Waals surface area contributed by atoms with Gasteiger partial charge in [-0.2, -0.15) is 0 Å². The highest BCUT2D eigenvalue weighted by atomic mass is 14.8. The predicted molar refractivity (Wildman–Crippen MR) is 46.1 cm³/mol. The third kappa shape index (κ3) is 1.77. The third-order valence-electron chi connectivity index (χ3n) is 1.98. The second-order valence-corrected chi connectivity index (χ2v) is 2.99. The zero-order valence-electron chi connectivity index (χ0n) is 7.04. The van der Waals surface area contributed by atoms with E-state index < -0.39 is 0 Å². The van der Waals surface area contributed by atoms with Gasteiger partial charge in [0.2, 0.25) is 0 Å². The molecule has 1 atom stereocenters. The molecule has 2 nitrogen and oxygen atoms in total. The van der Waals surface area contributed by atoms with Crippen molar-refractivity contribution in [3.05, 3.63) is 30.1 Å². The minimum atomic E-state index is -0.277. The van der Waals surface area contributed by atoms with Crippen LogP contribution in [0.25, 0.3) is 0 Å². The Morgan fingerprint density at radius 2 is 2.27 bits per heavy atom. The van der Waals surface area contributed by atoms with Crippen LogP contribution in [-0.2, 0) is 5.54 Å². The van der Waals surface area contributed by atoms with Crippen LogP contribution in [0.4, 0.5) is 0 Å². The molecule has 0 amide bonds. The van der Waals surface area contributed by atoms with Gasteiger partial charge in [-0.05, 0) is 25.5 Å². The highest BCUT2D eigenvalue weighted by Crippen LogP contribution is 2.17. The van der Waals surface area contributed by atoms with E-state index in [1.807, 2.05) is 25.1 Å². The standard InChI is InChI=1S/C9H14N2/c1-3-9(2,10)8-6-4-5-7-11-8/h4-7H,3,10H2,1-2H3/t9-/m1/s1. The molecule has 0 radical (unpaired) electrons. The Hall–Kier alpha value is -0.890. The first-order chi connectivity index (χ1) is 5.17. The summed E-state index contributed by atoms with van der Waals surface area (Å²) in [5.74, 6) is 0. The number of rotatable bonds is 2. The molecule has 0 aliphatic rings. The molecule has 2 N–H and O–H groups in total. The van der Waals surface area contributed by atoms with Crippen molar-refractivity contribution in [2.45, 2.75) is 25.8 Å². The van der Waals surface area contributed by atoms with Crippen molar-refractivity contribution in [1.29, 1.82) is 0 Å². The third-order valence-corrected chi connectivity index (χ3v) is 1.98. The molecular formula is C9H14N2. The highest BCUT2D eigenvalue weighted by molar-refractivity contribution is 5.12. The molecule has 60 valence electrons. The van der Waals surface area contributed by atoms with Gasteiger partial charge >= 0.3 is 0 Å². The van der Waals surface area contributed by atoms with Gasteiger partial charge in [-0.25, -0.2) is 0 Å². The molecule has 0 aliphatic heterocycles. The first-order valence-corrected chi connectivity index (χ1v) is 3.87. The summed E-state index contributed by atoms with van der Waals surface area (Å²) >= 11 is 0. The topological polar surface area (TPSA) is 38.9 Å². The predicted octanol–water partition coefficient (Wildman–Crippen LogP) is 1.67. The summed E-state index contributed by atoms with van der Waals surface area (Å²) in [6.07, 6.45) is 2.68. The van der Waals surface area contributed by atoms with Gasteiger partial charge in [-0.3, -0.25) is 4.98 Å². The largest absolute Gasteiger partial charge is 0.320 e. The van der Waals surface area contributed by atoms with Gasteiger partial charge < -0.3 is 5.73 Å². The molecule has 1 heterocycles. The monoisotopic (exact) mass is 150 g/mol. The molecule has 1 aromatic heterocycles. The molecular weight excluding hydrogens is 136 g/mol. The van der Waals surface area contributed by atoms with Crippen molar-refractivity contribution in [2.75, 3.05) is 0 Å². The number of nitrogens with two attached hydrogens (primary N) is 1. The van der Waals surface area contributed by atoms with Crippen LogP contribution < -0.4 is 5.73 Å². The average molecular weight is 150 g/mol. The number of aromatic nitrogens is 1. The van der Waals surface area contributed by atoms with E-state index in [2.05, 4.69) is 11.9 Å². The molecule has 0 fully saturated rings. The Morgan fingerprint density at radius 1 is 1.55 bits per heavy atom. The Bertz CT molecular complexity index is 216. The lowest BCUT2D eigenvalue weighted by atomic mass is 9.96. The minimum absolute atomic E-state index is 0.277. The van der Waals surface area contributed by atoms with Gasteiger partial charge in [0.25, 0.3) is 0 Å². The second-order valence-electron chi connectivity index (χ2n) is 2.99. The first kappa shape index (κ1) is 8.21. The maximum absolute atomic E-state index is 5.97. The fraction of sp³-hybridized carbons (Fsp3) is 0.444. The van der Waals surface area contributed by atoms with Gasteiger partial charge in [0.05, 0.1) is 11.2 Å². The smallest absolute Gasteiger partial charge is 0.0599 e. The molecule has 0 saturated heterocycles. The van der Waals surface area contributed by atoms with E-state index in [9.17, 15) is 0 Å². The van der Waals surface area contributed by atoms with Gasteiger partial charge in [-0.15, -0.1) is 0 Å². The number of pyridine rings is 1. The molecule has 11 heavy (non-hydrogen) atoms. The van der Waals surface area contributed by atoms with Gasteiger partial charge in [0.15, 0.2) is 0 Å². The van der Waals surface area contributed by atoms with E-state index in [4.69, 9.17) is 5.73 Å². The van der Waals surface area contributed by atoms with Crippen LogP contribution >= 0.6 is 0 Å². The van der Waals surface area contributed by atoms with Crippen LogP contribution in [0.2, 0.25) is 0 Å². The summed E-state index contributed by atoms with van der Waals surface area (Å²) in [5.41, 5.74) is 6.66. The number of hydrogen-bond acceptors (Lipinski definition) is 2. The van der Waals surface area contributed by atoms with E-state index in [0.29, 0.717) is 0 Å². The van der Waals surface area contributed by atoms with Crippen molar-refractivity contribution in [1.82, 2.24) is 4.98 Å². The van der Waals surface area contributed by atoms with Crippen LogP contribution in [-0.4, -0.2) is 4.98 Å². The summed E-state index contributed by atoms with van der Waals surface area (Å²) in [6.45, 7) is 4.06. The lowest BCUT2D eigenvalue weighted by molar-refractivity contribution is 0.462. The van der Waals surface area contributed by atoms with Crippen molar-refractivity contribution in [3.63, 3.8) is 0 Å². The number of nitrogens with zero attached hydrogens (tertiary/aromatic N) is 1. The van der Waals surface area contributed by atoms with Gasteiger partial charge in [-0.1, -0.05) is 13.0 Å². The van der Waals surface area contributed by atoms with Crippen molar-refractivity contribution < 1.29 is 0 Å². The maximum Gasteiger partial charge on any atom is 0.0599 e. The Kier molecular flexibility index (Phi) is 2.25. The lowest BCUT2D eigenvalue weighted by Crippen LogP contribution is -2.32. The fourth-order valence-corrected chi connectivity index (χ4v) is 0.882. The molecule has 1 aromatic rings. The summed E-state index contributed by atoms with van der Waals surface area (Å²) in [6, 6.07) is 5.82. The second kappa shape index (κ2) is 3.01. The Labute approximate surface area is 67.5 Å². The van der Waals surface area contributed by atoms with Crippen LogP contribution in [0.1, 0.15) is 26.0 Å². The highest BCUT2D eigenvalue weighted by Gasteiger charge is 2.18. The molecule has 1 rings (SSSR count). The van der Waals surface area contributed by atoms with Crippen LogP contribution in [0.3, 0.4) is 0 Å². The van der Waals surface area contributed by atoms with E-state index in [-0.39, 0.29) is 5.54 Å². The van der Waals surface area contributed by atoms with E-state index in [0.717, 1.165) is 12.1 Å².